The number of nitrogens with one attached hydrogen (secondary N) is 2. The number of aromatic amines is 1. The summed E-state index contributed by atoms with van der Waals surface area (Å²) >= 11 is 0. The van der Waals surface area contributed by atoms with E-state index in [9.17, 15) is 24.1 Å². The Labute approximate surface area is 117 Å². The van der Waals surface area contributed by atoms with Gasteiger partial charge in [-0.3, -0.25) is 24.5 Å². The largest absolute Gasteiger partial charge is 0.383 e. The summed E-state index contributed by atoms with van der Waals surface area (Å²) in [5, 5.41) is 13.5. The van der Waals surface area contributed by atoms with Gasteiger partial charge in [0.25, 0.3) is 11.2 Å². The monoisotopic (exact) mass is 294 g/mol. The third-order valence-electron chi connectivity index (χ3n) is 2.85. The lowest BCUT2D eigenvalue weighted by molar-refractivity contribution is -0.383. The van der Waals surface area contributed by atoms with Crippen molar-refractivity contribution in [2.45, 2.75) is 6.54 Å². The van der Waals surface area contributed by atoms with Gasteiger partial charge in [0.05, 0.1) is 17.7 Å². The highest BCUT2D eigenvalue weighted by molar-refractivity contribution is 5.62. The molecule has 110 valence electrons. The van der Waals surface area contributed by atoms with Crippen LogP contribution in [0.2, 0.25) is 0 Å². The van der Waals surface area contributed by atoms with Gasteiger partial charge in [0.2, 0.25) is 5.82 Å². The van der Waals surface area contributed by atoms with Crippen LogP contribution in [0.5, 0.6) is 0 Å². The Morgan fingerprint density at radius 2 is 2.14 bits per heavy atom. The Bertz CT molecular complexity index is 812. The molecule has 0 saturated carbocycles. The second-order valence-corrected chi connectivity index (χ2v) is 4.22. The maximum atomic E-state index is 13.2. The summed E-state index contributed by atoms with van der Waals surface area (Å²) < 4.78 is 14.1. The topological polar surface area (TPSA) is 110 Å². The molecule has 0 amide bonds. The fourth-order valence-corrected chi connectivity index (χ4v) is 1.84. The molecule has 0 aliphatic heterocycles. The van der Waals surface area contributed by atoms with Crippen molar-refractivity contribution in [2.75, 3.05) is 12.4 Å². The van der Waals surface area contributed by atoms with Gasteiger partial charge in [0.1, 0.15) is 5.69 Å². The Morgan fingerprint density at radius 3 is 2.76 bits per heavy atom. The van der Waals surface area contributed by atoms with Crippen molar-refractivity contribution in [1.82, 2.24) is 9.55 Å². The minimum Gasteiger partial charge on any atom is -0.383 e. The summed E-state index contributed by atoms with van der Waals surface area (Å²) in [6, 6.07) is 4.22. The molecule has 0 atom stereocenters. The molecule has 1 aromatic carbocycles. The number of halogens is 1. The lowest BCUT2D eigenvalue weighted by Crippen LogP contribution is -2.31. The molecule has 1 aromatic heterocycles. The van der Waals surface area contributed by atoms with Crippen LogP contribution in [0, 0.1) is 15.9 Å². The van der Waals surface area contributed by atoms with E-state index in [2.05, 4.69) is 5.32 Å². The molecule has 0 aliphatic carbocycles. The van der Waals surface area contributed by atoms with Crippen LogP contribution >= 0.6 is 0 Å². The fourth-order valence-electron chi connectivity index (χ4n) is 1.84. The van der Waals surface area contributed by atoms with E-state index in [4.69, 9.17) is 0 Å². The first-order valence-corrected chi connectivity index (χ1v) is 5.86. The number of hydrogen-bond donors (Lipinski definition) is 2. The first-order chi connectivity index (χ1) is 9.92. The van der Waals surface area contributed by atoms with Gasteiger partial charge in [-0.25, -0.2) is 4.79 Å². The Hall–Kier alpha value is -2.97. The van der Waals surface area contributed by atoms with Crippen LogP contribution in [0.25, 0.3) is 0 Å². The molecule has 0 aliphatic rings. The number of hydrogen-bond acceptors (Lipinski definition) is 5. The fraction of sp³-hybridized carbons (Fsp3) is 0.167. The van der Waals surface area contributed by atoms with Crippen molar-refractivity contribution < 1.29 is 9.31 Å². The zero-order valence-electron chi connectivity index (χ0n) is 10.9. The predicted molar refractivity (Wildman–Crippen MR) is 73.0 cm³/mol. The van der Waals surface area contributed by atoms with E-state index >= 15 is 0 Å². The molecular weight excluding hydrogens is 283 g/mol. The highest BCUT2D eigenvalue weighted by Crippen LogP contribution is 2.25. The van der Waals surface area contributed by atoms with Crippen molar-refractivity contribution in [3.63, 3.8) is 0 Å². The van der Waals surface area contributed by atoms with Gasteiger partial charge in [-0.1, -0.05) is 6.07 Å². The maximum absolute atomic E-state index is 13.2. The number of nitro groups is 1. The Morgan fingerprint density at radius 1 is 1.43 bits per heavy atom. The molecule has 0 spiro atoms. The summed E-state index contributed by atoms with van der Waals surface area (Å²) in [6.45, 7) is -0.0286. The second-order valence-electron chi connectivity index (χ2n) is 4.22. The Kier molecular flexibility index (Phi) is 3.83. The first kappa shape index (κ1) is 14.4. The van der Waals surface area contributed by atoms with Crippen LogP contribution in [0.4, 0.5) is 15.8 Å². The predicted octanol–water partition coefficient (Wildman–Crippen LogP) is 0.674. The van der Waals surface area contributed by atoms with E-state index in [-0.39, 0.29) is 17.9 Å². The van der Waals surface area contributed by atoms with Gasteiger partial charge in [-0.15, -0.1) is 0 Å². The average Bonchev–Trinajstić information content (AvgIpc) is 2.44. The summed E-state index contributed by atoms with van der Waals surface area (Å²) in [6.07, 6.45) is 0.793. The first-order valence-electron chi connectivity index (χ1n) is 5.86. The normalized spacial score (nSPS) is 10.4. The van der Waals surface area contributed by atoms with Gasteiger partial charge in [-0.2, -0.15) is 4.39 Å². The standard InChI is InChI=1S/C12H11FN4O4/c1-14-9-4-7(2-3-10(9)17(20)21)5-16-6-8(13)11(18)15-12(16)19/h2-4,6,14H,5H2,1H3,(H,15,18,19). The number of anilines is 1. The van der Waals surface area contributed by atoms with Crippen LogP contribution in [-0.4, -0.2) is 21.5 Å². The number of H-pyrrole nitrogens is 1. The van der Waals surface area contributed by atoms with E-state index in [1.807, 2.05) is 4.98 Å². The van der Waals surface area contributed by atoms with Crippen molar-refractivity contribution in [3.8, 4) is 0 Å². The summed E-state index contributed by atoms with van der Waals surface area (Å²) in [5.74, 6) is -1.08. The van der Waals surface area contributed by atoms with Gasteiger partial charge in [-0.05, 0) is 11.6 Å². The van der Waals surface area contributed by atoms with Crippen molar-refractivity contribution in [1.29, 1.82) is 0 Å². The maximum Gasteiger partial charge on any atom is 0.328 e. The van der Waals surface area contributed by atoms with E-state index in [0.29, 0.717) is 5.56 Å². The molecular formula is C12H11FN4O4. The Balaban J connectivity index is 2.41. The molecule has 0 bridgehead atoms. The average molecular weight is 294 g/mol. The molecule has 2 rings (SSSR count). The minimum absolute atomic E-state index is 0.0286. The highest BCUT2D eigenvalue weighted by Gasteiger charge is 2.13. The zero-order valence-corrected chi connectivity index (χ0v) is 10.9. The molecule has 0 fully saturated rings. The SMILES string of the molecule is CNc1cc(Cn2cc(F)c(=O)[nH]c2=O)ccc1[N+](=O)[O-]. The third kappa shape index (κ3) is 2.96. The second kappa shape index (κ2) is 5.57. The molecule has 0 saturated heterocycles. The molecule has 9 heteroatoms. The van der Waals surface area contributed by atoms with Crippen molar-refractivity contribution in [2.24, 2.45) is 0 Å². The van der Waals surface area contributed by atoms with Crippen molar-refractivity contribution in [3.05, 3.63) is 66.7 Å². The molecule has 1 heterocycles. The van der Waals surface area contributed by atoms with Crippen molar-refractivity contribution >= 4 is 11.4 Å². The molecule has 0 radical (unpaired) electrons. The van der Waals surface area contributed by atoms with E-state index in [1.165, 1.54) is 25.2 Å². The number of nitrogens with zero attached hydrogens (tertiary/aromatic N) is 2. The number of benzene rings is 1. The van der Waals surface area contributed by atoms with Crippen LogP contribution in [0.15, 0.2) is 34.0 Å². The number of aromatic nitrogens is 2. The van der Waals surface area contributed by atoms with E-state index in [0.717, 1.165) is 10.8 Å². The quantitative estimate of drug-likeness (QED) is 0.636. The molecule has 2 aromatic rings. The number of nitro benzene ring substituents is 1. The molecule has 2 N–H and O–H groups in total. The lowest BCUT2D eigenvalue weighted by atomic mass is 10.1. The molecule has 8 nitrogen and oxygen atoms in total. The van der Waals surface area contributed by atoms with Gasteiger partial charge in [0.15, 0.2) is 0 Å². The van der Waals surface area contributed by atoms with Gasteiger partial charge < -0.3 is 5.32 Å². The zero-order chi connectivity index (χ0) is 15.6. The third-order valence-corrected chi connectivity index (χ3v) is 2.85. The molecule has 21 heavy (non-hydrogen) atoms. The summed E-state index contributed by atoms with van der Waals surface area (Å²) in [4.78, 5) is 34.6. The van der Waals surface area contributed by atoms with Crippen LogP contribution in [-0.2, 0) is 6.54 Å². The van der Waals surface area contributed by atoms with E-state index < -0.39 is 22.0 Å². The van der Waals surface area contributed by atoms with Gasteiger partial charge in [0, 0.05) is 13.1 Å². The lowest BCUT2D eigenvalue weighted by Gasteiger charge is -2.08. The minimum atomic E-state index is -1.09. The summed E-state index contributed by atoms with van der Waals surface area (Å²) in [5.41, 5.74) is -1.14. The van der Waals surface area contributed by atoms with Crippen LogP contribution in [0.1, 0.15) is 5.56 Å². The van der Waals surface area contributed by atoms with E-state index in [1.54, 1.807) is 0 Å². The highest BCUT2D eigenvalue weighted by atomic mass is 19.1. The number of rotatable bonds is 4. The summed E-state index contributed by atoms with van der Waals surface area (Å²) in [7, 11) is 1.53. The van der Waals surface area contributed by atoms with Crippen LogP contribution < -0.4 is 16.6 Å². The molecule has 0 unspecified atom stereocenters. The van der Waals surface area contributed by atoms with Crippen LogP contribution in [0.3, 0.4) is 0 Å². The van der Waals surface area contributed by atoms with Gasteiger partial charge >= 0.3 is 5.69 Å². The smallest absolute Gasteiger partial charge is 0.328 e.